The topological polar surface area (TPSA) is 0 Å². The SMILES string of the molecule is BC1(C)C=CC=C(c2c(F)c(F)c(C(C)C)c(F)c2F)C=C1. The lowest BCUT2D eigenvalue weighted by molar-refractivity contribution is 0.429. The zero-order valence-electron chi connectivity index (χ0n) is 13.0. The number of allylic oxidation sites excluding steroid dienone is 6. The van der Waals surface area contributed by atoms with E-state index in [0.717, 1.165) is 0 Å². The molecule has 0 spiro atoms. The largest absolute Gasteiger partial charge is 0.203 e. The molecule has 1 aliphatic rings. The van der Waals surface area contributed by atoms with Gasteiger partial charge in [0.1, 0.15) is 7.85 Å². The van der Waals surface area contributed by atoms with Gasteiger partial charge in [0.2, 0.25) is 0 Å². The molecular formula is C17H17BF4. The van der Waals surface area contributed by atoms with E-state index in [0.29, 0.717) is 0 Å². The van der Waals surface area contributed by atoms with Gasteiger partial charge in [0, 0.05) is 5.56 Å². The second-order valence-corrected chi connectivity index (χ2v) is 6.34. The maximum atomic E-state index is 14.3. The molecule has 0 aliphatic heterocycles. The maximum absolute atomic E-state index is 14.3. The molecule has 1 aromatic rings. The van der Waals surface area contributed by atoms with Crippen molar-refractivity contribution in [3.63, 3.8) is 0 Å². The van der Waals surface area contributed by atoms with Gasteiger partial charge in [-0.15, -0.1) is 0 Å². The van der Waals surface area contributed by atoms with Crippen molar-refractivity contribution in [1.29, 1.82) is 0 Å². The van der Waals surface area contributed by atoms with E-state index in [4.69, 9.17) is 0 Å². The van der Waals surface area contributed by atoms with E-state index < -0.39 is 40.3 Å². The highest BCUT2D eigenvalue weighted by atomic mass is 19.2. The van der Waals surface area contributed by atoms with Crippen LogP contribution in [0.5, 0.6) is 0 Å². The Kier molecular flexibility index (Phi) is 4.36. The number of halogens is 4. The van der Waals surface area contributed by atoms with Crippen molar-refractivity contribution in [3.8, 4) is 0 Å². The zero-order valence-corrected chi connectivity index (χ0v) is 13.0. The Morgan fingerprint density at radius 3 is 2.00 bits per heavy atom. The third-order valence-corrected chi connectivity index (χ3v) is 3.66. The molecule has 0 amide bonds. The molecule has 0 aromatic heterocycles. The Morgan fingerprint density at radius 1 is 0.955 bits per heavy atom. The average molecular weight is 308 g/mol. The summed E-state index contributed by atoms with van der Waals surface area (Å²) in [4.78, 5) is 0. The van der Waals surface area contributed by atoms with Crippen molar-refractivity contribution in [2.24, 2.45) is 0 Å². The van der Waals surface area contributed by atoms with Crippen LogP contribution in [0.1, 0.15) is 37.8 Å². The normalized spacial score (nSPS) is 21.2. The van der Waals surface area contributed by atoms with E-state index in [1.165, 1.54) is 26.0 Å². The molecule has 1 aliphatic carbocycles. The van der Waals surface area contributed by atoms with Crippen LogP contribution >= 0.6 is 0 Å². The van der Waals surface area contributed by atoms with Crippen molar-refractivity contribution in [2.45, 2.75) is 32.0 Å². The molecule has 22 heavy (non-hydrogen) atoms. The Labute approximate surface area is 128 Å². The third kappa shape index (κ3) is 2.89. The number of benzene rings is 1. The predicted molar refractivity (Wildman–Crippen MR) is 83.5 cm³/mol. The zero-order chi connectivity index (χ0) is 16.7. The van der Waals surface area contributed by atoms with Gasteiger partial charge in [-0.25, -0.2) is 17.6 Å². The van der Waals surface area contributed by atoms with Gasteiger partial charge in [-0.05, 0) is 16.8 Å². The van der Waals surface area contributed by atoms with Gasteiger partial charge in [0.05, 0.1) is 5.56 Å². The van der Waals surface area contributed by atoms with Gasteiger partial charge >= 0.3 is 0 Å². The Bertz CT molecular complexity index is 668. The fraction of sp³-hybridized carbons (Fsp3) is 0.294. The second kappa shape index (κ2) is 5.78. The minimum absolute atomic E-state index is 0.102. The highest BCUT2D eigenvalue weighted by Crippen LogP contribution is 2.35. The van der Waals surface area contributed by atoms with Crippen molar-refractivity contribution in [3.05, 3.63) is 64.8 Å². The van der Waals surface area contributed by atoms with Crippen LogP contribution in [0.25, 0.3) is 5.57 Å². The lowest BCUT2D eigenvalue weighted by Gasteiger charge is -2.15. The molecule has 0 saturated heterocycles. The highest BCUT2D eigenvalue weighted by molar-refractivity contribution is 6.18. The first-order valence-electron chi connectivity index (χ1n) is 7.10. The third-order valence-electron chi connectivity index (χ3n) is 3.66. The summed E-state index contributed by atoms with van der Waals surface area (Å²) in [5.41, 5.74) is -1.13. The molecule has 1 atom stereocenters. The number of rotatable bonds is 2. The summed E-state index contributed by atoms with van der Waals surface area (Å²) >= 11 is 0. The van der Waals surface area contributed by atoms with Crippen molar-refractivity contribution < 1.29 is 17.6 Å². The van der Waals surface area contributed by atoms with Crippen molar-refractivity contribution in [1.82, 2.24) is 0 Å². The van der Waals surface area contributed by atoms with Crippen LogP contribution in [0.4, 0.5) is 17.6 Å². The monoisotopic (exact) mass is 308 g/mol. The smallest absolute Gasteiger partial charge is 0.170 e. The van der Waals surface area contributed by atoms with Gasteiger partial charge in [0.25, 0.3) is 0 Å². The minimum Gasteiger partial charge on any atom is -0.203 e. The van der Waals surface area contributed by atoms with E-state index in [9.17, 15) is 17.6 Å². The fourth-order valence-corrected chi connectivity index (χ4v) is 2.39. The van der Waals surface area contributed by atoms with Gasteiger partial charge in [0.15, 0.2) is 23.3 Å². The van der Waals surface area contributed by atoms with Crippen LogP contribution in [0.2, 0.25) is 5.31 Å². The van der Waals surface area contributed by atoms with E-state index in [-0.39, 0.29) is 10.9 Å². The summed E-state index contributed by atoms with van der Waals surface area (Å²) in [7, 11) is 1.91. The Morgan fingerprint density at radius 2 is 1.50 bits per heavy atom. The van der Waals surface area contributed by atoms with Gasteiger partial charge in [-0.2, -0.15) is 0 Å². The molecule has 0 saturated carbocycles. The number of hydrogen-bond donors (Lipinski definition) is 0. The summed E-state index contributed by atoms with van der Waals surface area (Å²) in [6, 6.07) is 0. The first kappa shape index (κ1) is 16.6. The molecule has 0 bridgehead atoms. The van der Waals surface area contributed by atoms with Crippen LogP contribution in [-0.4, -0.2) is 7.85 Å². The minimum atomic E-state index is -1.35. The maximum Gasteiger partial charge on any atom is 0.170 e. The van der Waals surface area contributed by atoms with Gasteiger partial charge < -0.3 is 0 Å². The summed E-state index contributed by atoms with van der Waals surface area (Å²) in [6.07, 6.45) is 8.12. The molecule has 116 valence electrons. The van der Waals surface area contributed by atoms with Gasteiger partial charge in [-0.3, -0.25) is 0 Å². The lowest BCUT2D eigenvalue weighted by atomic mass is 9.70. The first-order valence-corrected chi connectivity index (χ1v) is 7.10. The molecule has 1 unspecified atom stereocenters. The molecule has 5 heteroatoms. The molecule has 2 rings (SSSR count). The molecule has 0 N–H and O–H groups in total. The summed E-state index contributed by atoms with van der Waals surface area (Å²) in [5, 5.41) is -0.305. The van der Waals surface area contributed by atoms with Crippen LogP contribution in [0.15, 0.2) is 30.4 Å². The second-order valence-electron chi connectivity index (χ2n) is 6.34. The van der Waals surface area contributed by atoms with Crippen LogP contribution in [0.3, 0.4) is 0 Å². The lowest BCUT2D eigenvalue weighted by Crippen LogP contribution is -2.09. The predicted octanol–water partition coefficient (Wildman–Crippen LogP) is 4.69. The standard InChI is InChI=1S/C17H17BF4/c1-9(2)11-13(19)15(21)12(16(22)14(11)20)10-5-4-7-17(3,18)8-6-10/h4-9H,18H2,1-3H3. The Balaban J connectivity index is 2.69. The Hall–Kier alpha value is -1.78. The van der Waals surface area contributed by atoms with Crippen LogP contribution in [0, 0.1) is 23.3 Å². The summed E-state index contributed by atoms with van der Waals surface area (Å²) in [5.74, 6) is -6.02. The molecule has 0 radical (unpaired) electrons. The van der Waals surface area contributed by atoms with Crippen molar-refractivity contribution in [2.75, 3.05) is 0 Å². The summed E-state index contributed by atoms with van der Waals surface area (Å²) < 4.78 is 56.8. The van der Waals surface area contributed by atoms with Gasteiger partial charge in [-0.1, -0.05) is 51.2 Å². The van der Waals surface area contributed by atoms with E-state index in [1.54, 1.807) is 12.2 Å². The van der Waals surface area contributed by atoms with Crippen LogP contribution in [-0.2, 0) is 0 Å². The van der Waals surface area contributed by atoms with Crippen molar-refractivity contribution >= 4 is 13.4 Å². The fourth-order valence-electron chi connectivity index (χ4n) is 2.39. The molecule has 0 fully saturated rings. The quantitative estimate of drug-likeness (QED) is 0.422. The summed E-state index contributed by atoms with van der Waals surface area (Å²) in [6.45, 7) is 4.87. The van der Waals surface area contributed by atoms with E-state index >= 15 is 0 Å². The van der Waals surface area contributed by atoms with E-state index in [1.807, 2.05) is 20.8 Å². The van der Waals surface area contributed by atoms with Crippen LogP contribution < -0.4 is 0 Å². The molecule has 0 heterocycles. The molecule has 1 aromatic carbocycles. The van der Waals surface area contributed by atoms with E-state index in [2.05, 4.69) is 0 Å². The molecular weight excluding hydrogens is 291 g/mol. The highest BCUT2D eigenvalue weighted by Gasteiger charge is 2.28. The molecule has 0 nitrogen and oxygen atoms in total. The number of hydrogen-bond acceptors (Lipinski definition) is 0. The average Bonchev–Trinajstić information content (AvgIpc) is 2.58. The first-order chi connectivity index (χ1) is 10.2.